The van der Waals surface area contributed by atoms with Crippen molar-refractivity contribution in [1.82, 2.24) is 0 Å². The molecule has 1 heteroatoms. The molecule has 0 bridgehead atoms. The van der Waals surface area contributed by atoms with Crippen molar-refractivity contribution in [1.29, 1.82) is 0 Å². The van der Waals surface area contributed by atoms with Crippen LogP contribution in [0.25, 0.3) is 5.57 Å². The molecule has 1 atom stereocenters. The van der Waals surface area contributed by atoms with Gasteiger partial charge in [0.1, 0.15) is 0 Å². The minimum atomic E-state index is -0.0445. The molecule has 0 saturated heterocycles. The molecule has 0 saturated carbocycles. The monoisotopic (exact) mass is 280 g/mol. The lowest BCUT2D eigenvalue weighted by atomic mass is 9.76. The van der Waals surface area contributed by atoms with Gasteiger partial charge in [0.15, 0.2) is 0 Å². The molecule has 0 aliphatic heterocycles. The van der Waals surface area contributed by atoms with Gasteiger partial charge in [0.25, 0.3) is 0 Å². The van der Waals surface area contributed by atoms with Crippen LogP contribution in [0.3, 0.4) is 0 Å². The lowest BCUT2D eigenvalue weighted by molar-refractivity contribution is 0.746. The van der Waals surface area contributed by atoms with Crippen molar-refractivity contribution >= 4 is 17.2 Å². The van der Waals surface area contributed by atoms with E-state index < -0.39 is 0 Å². The zero-order valence-electron chi connectivity index (χ0n) is 11.5. The predicted octanol–water partition coefficient (Wildman–Crippen LogP) is 5.64. The van der Waals surface area contributed by atoms with E-state index in [2.05, 4.69) is 61.5 Å². The molecule has 3 rings (SSSR count). The van der Waals surface area contributed by atoms with E-state index in [0.29, 0.717) is 0 Å². The molecule has 1 aliphatic carbocycles. The molecule has 0 N–H and O–H groups in total. The van der Waals surface area contributed by atoms with E-state index in [1.807, 2.05) is 18.2 Å². The summed E-state index contributed by atoms with van der Waals surface area (Å²) in [5, 5.41) is 0.791. The molecular weight excluding hydrogens is 264 g/mol. The second kappa shape index (κ2) is 5.30. The number of hydrogen-bond donors (Lipinski definition) is 0. The van der Waals surface area contributed by atoms with Crippen molar-refractivity contribution in [2.75, 3.05) is 0 Å². The molecule has 1 unspecified atom stereocenters. The van der Waals surface area contributed by atoms with Crippen molar-refractivity contribution in [2.24, 2.45) is 0 Å². The van der Waals surface area contributed by atoms with E-state index in [4.69, 9.17) is 11.6 Å². The maximum atomic E-state index is 6.11. The molecule has 0 aromatic heterocycles. The van der Waals surface area contributed by atoms with E-state index in [1.54, 1.807) is 0 Å². The van der Waals surface area contributed by atoms with Crippen LogP contribution < -0.4 is 0 Å². The Labute approximate surface area is 125 Å². The summed E-state index contributed by atoms with van der Waals surface area (Å²) in [6.07, 6.45) is 7.86. The van der Waals surface area contributed by atoms with Crippen LogP contribution in [0, 0.1) is 0 Å². The van der Waals surface area contributed by atoms with Gasteiger partial charge < -0.3 is 0 Å². The van der Waals surface area contributed by atoms with Gasteiger partial charge in [-0.2, -0.15) is 0 Å². The van der Waals surface area contributed by atoms with Crippen LogP contribution in [0.5, 0.6) is 0 Å². The Morgan fingerprint density at radius 3 is 2.55 bits per heavy atom. The van der Waals surface area contributed by atoms with Crippen molar-refractivity contribution in [2.45, 2.75) is 18.8 Å². The molecule has 1 aliphatic rings. The smallest absolute Gasteiger partial charge is 0.0412 e. The van der Waals surface area contributed by atoms with E-state index in [1.165, 1.54) is 16.7 Å². The highest BCUT2D eigenvalue weighted by atomic mass is 35.5. The summed E-state index contributed by atoms with van der Waals surface area (Å²) < 4.78 is 0. The first-order chi connectivity index (χ1) is 9.67. The van der Waals surface area contributed by atoms with E-state index >= 15 is 0 Å². The molecule has 0 nitrogen and oxygen atoms in total. The summed E-state index contributed by atoms with van der Waals surface area (Å²) in [6.45, 7) is 2.25. The summed E-state index contributed by atoms with van der Waals surface area (Å²) in [5.41, 5.74) is 3.82. The molecule has 0 spiro atoms. The zero-order valence-corrected chi connectivity index (χ0v) is 12.3. The Kier molecular flexibility index (Phi) is 3.50. The van der Waals surface area contributed by atoms with Crippen LogP contribution >= 0.6 is 11.6 Å². The van der Waals surface area contributed by atoms with Gasteiger partial charge in [0.2, 0.25) is 0 Å². The van der Waals surface area contributed by atoms with Crippen LogP contribution in [0.1, 0.15) is 24.5 Å². The third-order valence-corrected chi connectivity index (χ3v) is 4.10. The second-order valence-electron chi connectivity index (χ2n) is 5.44. The summed E-state index contributed by atoms with van der Waals surface area (Å²) in [6, 6.07) is 18.7. The molecule has 2 aromatic rings. The third kappa shape index (κ3) is 2.57. The summed E-state index contributed by atoms with van der Waals surface area (Å²) in [7, 11) is 0. The van der Waals surface area contributed by atoms with Crippen LogP contribution in [0.2, 0.25) is 5.02 Å². The van der Waals surface area contributed by atoms with Crippen LogP contribution in [0.4, 0.5) is 0 Å². The minimum absolute atomic E-state index is 0.0445. The maximum Gasteiger partial charge on any atom is 0.0412 e. The molecule has 0 radical (unpaired) electrons. The highest BCUT2D eigenvalue weighted by Gasteiger charge is 2.24. The largest absolute Gasteiger partial charge is 0.0843 e. The average molecular weight is 281 g/mol. The van der Waals surface area contributed by atoms with Crippen LogP contribution in [-0.2, 0) is 5.41 Å². The van der Waals surface area contributed by atoms with Gasteiger partial charge in [-0.05, 0) is 42.2 Å². The van der Waals surface area contributed by atoms with E-state index in [9.17, 15) is 0 Å². The fourth-order valence-electron chi connectivity index (χ4n) is 2.77. The summed E-state index contributed by atoms with van der Waals surface area (Å²) in [4.78, 5) is 0. The SMILES string of the molecule is CC1(c2ccccc2)C=CCC(c2cccc(Cl)c2)=C1. The van der Waals surface area contributed by atoms with Gasteiger partial charge in [-0.3, -0.25) is 0 Å². The van der Waals surface area contributed by atoms with Crippen LogP contribution in [-0.4, -0.2) is 0 Å². The molecule has 0 fully saturated rings. The van der Waals surface area contributed by atoms with Crippen molar-refractivity contribution < 1.29 is 0 Å². The molecule has 0 amide bonds. The van der Waals surface area contributed by atoms with E-state index in [0.717, 1.165) is 11.4 Å². The Morgan fingerprint density at radius 1 is 1.00 bits per heavy atom. The fraction of sp³-hybridized carbons (Fsp3) is 0.158. The number of hydrogen-bond acceptors (Lipinski definition) is 0. The lowest BCUT2D eigenvalue weighted by Gasteiger charge is -2.28. The summed E-state index contributed by atoms with van der Waals surface area (Å²) >= 11 is 6.11. The highest BCUT2D eigenvalue weighted by molar-refractivity contribution is 6.30. The Balaban J connectivity index is 2.03. The quantitative estimate of drug-likeness (QED) is 0.624. The Bertz CT molecular complexity index is 667. The third-order valence-electron chi connectivity index (χ3n) is 3.87. The topological polar surface area (TPSA) is 0 Å². The molecule has 100 valence electrons. The van der Waals surface area contributed by atoms with Gasteiger partial charge in [-0.25, -0.2) is 0 Å². The average Bonchev–Trinajstić information content (AvgIpc) is 2.48. The number of halogens is 1. The fourth-order valence-corrected chi connectivity index (χ4v) is 2.96. The summed E-state index contributed by atoms with van der Waals surface area (Å²) in [5.74, 6) is 0. The predicted molar refractivity (Wildman–Crippen MR) is 87.0 cm³/mol. The van der Waals surface area contributed by atoms with Crippen LogP contribution in [0.15, 0.2) is 72.8 Å². The maximum absolute atomic E-state index is 6.11. The van der Waals surface area contributed by atoms with Gasteiger partial charge >= 0.3 is 0 Å². The van der Waals surface area contributed by atoms with Gasteiger partial charge in [-0.1, -0.05) is 72.3 Å². The Morgan fingerprint density at radius 2 is 1.80 bits per heavy atom. The molecule has 20 heavy (non-hydrogen) atoms. The highest BCUT2D eigenvalue weighted by Crippen LogP contribution is 2.36. The standard InChI is InChI=1S/C19H17Cl/c1-19(17-9-3-2-4-10-17)12-6-8-16(14-19)15-7-5-11-18(20)13-15/h2-7,9-14H,8H2,1H3. The first kappa shape index (κ1) is 13.2. The van der Waals surface area contributed by atoms with Crippen molar-refractivity contribution in [3.8, 4) is 0 Å². The second-order valence-corrected chi connectivity index (χ2v) is 5.87. The van der Waals surface area contributed by atoms with Gasteiger partial charge in [0, 0.05) is 10.4 Å². The number of rotatable bonds is 2. The Hall–Kier alpha value is -1.79. The first-order valence-electron chi connectivity index (χ1n) is 6.88. The van der Waals surface area contributed by atoms with Gasteiger partial charge in [-0.15, -0.1) is 0 Å². The number of allylic oxidation sites excluding steroid dienone is 4. The lowest BCUT2D eigenvalue weighted by Crippen LogP contribution is -2.18. The van der Waals surface area contributed by atoms with E-state index in [-0.39, 0.29) is 5.41 Å². The van der Waals surface area contributed by atoms with Gasteiger partial charge in [0.05, 0.1) is 0 Å². The molecule has 0 heterocycles. The van der Waals surface area contributed by atoms with Crippen molar-refractivity contribution in [3.05, 3.63) is 89.0 Å². The minimum Gasteiger partial charge on any atom is -0.0843 e. The molecule has 2 aromatic carbocycles. The normalized spacial score (nSPS) is 21.6. The molecular formula is C19H17Cl. The zero-order chi connectivity index (χ0) is 14.0. The first-order valence-corrected chi connectivity index (χ1v) is 7.26. The van der Waals surface area contributed by atoms with Crippen molar-refractivity contribution in [3.63, 3.8) is 0 Å². The number of benzene rings is 2.